The molecule has 0 aliphatic heterocycles. The fourth-order valence-corrected chi connectivity index (χ4v) is 1.73. The van der Waals surface area contributed by atoms with E-state index in [1.807, 2.05) is 38.1 Å². The van der Waals surface area contributed by atoms with Crippen LogP contribution in [-0.2, 0) is 0 Å². The number of nitriles is 1. The number of hydrogen-bond donors (Lipinski definition) is 1. The van der Waals surface area contributed by atoms with E-state index in [2.05, 4.69) is 21.2 Å². The van der Waals surface area contributed by atoms with Gasteiger partial charge in [-0.2, -0.15) is 5.26 Å². The van der Waals surface area contributed by atoms with Crippen LogP contribution in [0, 0.1) is 18.3 Å². The van der Waals surface area contributed by atoms with Crippen molar-refractivity contribution in [2.75, 3.05) is 0 Å². The van der Waals surface area contributed by atoms with E-state index in [0.717, 1.165) is 10.0 Å². The maximum absolute atomic E-state index is 11.9. The minimum absolute atomic E-state index is 0.134. The Hall–Kier alpha value is -1.34. The number of benzene rings is 1. The molecule has 0 radical (unpaired) electrons. The van der Waals surface area contributed by atoms with Gasteiger partial charge >= 0.3 is 0 Å². The number of nitrogens with one attached hydrogen (secondary N) is 1. The Morgan fingerprint density at radius 3 is 2.94 bits per heavy atom. The number of aryl methyl sites for hydroxylation is 1. The molecule has 1 aromatic carbocycles. The van der Waals surface area contributed by atoms with Crippen LogP contribution in [0.3, 0.4) is 0 Å². The molecule has 0 bridgehead atoms. The summed E-state index contributed by atoms with van der Waals surface area (Å²) in [5.41, 5.74) is 1.63. The van der Waals surface area contributed by atoms with Crippen LogP contribution in [0.5, 0.6) is 0 Å². The molecule has 3 nitrogen and oxygen atoms in total. The number of amides is 1. The number of carbonyl (C=O) groups excluding carboxylic acids is 1. The number of nitrogens with zero attached hydrogens (tertiary/aromatic N) is 1. The lowest BCUT2D eigenvalue weighted by molar-refractivity contribution is 0.0940. The maximum atomic E-state index is 11.9. The lowest BCUT2D eigenvalue weighted by Gasteiger charge is -2.11. The summed E-state index contributed by atoms with van der Waals surface area (Å²) in [6, 6.07) is 7.48. The predicted octanol–water partition coefficient (Wildman–Crippen LogP) is 2.79. The van der Waals surface area contributed by atoms with Crippen molar-refractivity contribution in [3.63, 3.8) is 0 Å². The lowest BCUT2D eigenvalue weighted by atomic mass is 10.1. The maximum Gasteiger partial charge on any atom is 0.252 e. The Morgan fingerprint density at radius 1 is 1.62 bits per heavy atom. The minimum Gasteiger partial charge on any atom is -0.349 e. The third kappa shape index (κ3) is 3.35. The van der Waals surface area contributed by atoms with Gasteiger partial charge in [-0.25, -0.2) is 0 Å². The van der Waals surface area contributed by atoms with Crippen molar-refractivity contribution in [3.8, 4) is 6.07 Å². The molecule has 1 rings (SSSR count). The van der Waals surface area contributed by atoms with Gasteiger partial charge in [-0.15, -0.1) is 0 Å². The van der Waals surface area contributed by atoms with Crippen LogP contribution in [0.1, 0.15) is 29.3 Å². The molecule has 1 N–H and O–H groups in total. The second-order valence-corrected chi connectivity index (χ2v) is 4.57. The third-order valence-electron chi connectivity index (χ3n) is 2.14. The summed E-state index contributed by atoms with van der Waals surface area (Å²) in [4.78, 5) is 11.9. The van der Waals surface area contributed by atoms with Gasteiger partial charge in [0.25, 0.3) is 5.91 Å². The molecule has 1 atom stereocenters. The van der Waals surface area contributed by atoms with Gasteiger partial charge < -0.3 is 5.32 Å². The zero-order valence-electron chi connectivity index (χ0n) is 9.25. The largest absolute Gasteiger partial charge is 0.349 e. The average Bonchev–Trinajstić information content (AvgIpc) is 2.21. The van der Waals surface area contributed by atoms with E-state index in [9.17, 15) is 4.79 Å². The highest BCUT2D eigenvalue weighted by Gasteiger charge is 2.12. The molecule has 0 spiro atoms. The molecule has 0 saturated heterocycles. The van der Waals surface area contributed by atoms with Crippen LogP contribution >= 0.6 is 15.9 Å². The quantitative estimate of drug-likeness (QED) is 0.926. The van der Waals surface area contributed by atoms with Crippen molar-refractivity contribution in [1.29, 1.82) is 5.26 Å². The van der Waals surface area contributed by atoms with E-state index in [-0.39, 0.29) is 11.9 Å². The normalized spacial score (nSPS) is 11.6. The predicted molar refractivity (Wildman–Crippen MR) is 66.0 cm³/mol. The van der Waals surface area contributed by atoms with Crippen LogP contribution in [0.4, 0.5) is 0 Å². The Labute approximate surface area is 104 Å². The van der Waals surface area contributed by atoms with Crippen molar-refractivity contribution >= 4 is 21.8 Å². The Morgan fingerprint density at radius 2 is 2.31 bits per heavy atom. The van der Waals surface area contributed by atoms with Crippen molar-refractivity contribution in [3.05, 3.63) is 33.8 Å². The fourth-order valence-electron chi connectivity index (χ4n) is 1.30. The van der Waals surface area contributed by atoms with Gasteiger partial charge in [-0.05, 0) is 41.9 Å². The summed E-state index contributed by atoms with van der Waals surface area (Å²) < 4.78 is 0.764. The van der Waals surface area contributed by atoms with Gasteiger partial charge in [-0.1, -0.05) is 11.6 Å². The Kier molecular flexibility index (Phi) is 4.51. The van der Waals surface area contributed by atoms with Crippen LogP contribution < -0.4 is 5.32 Å². The van der Waals surface area contributed by atoms with Crippen LogP contribution in [0.25, 0.3) is 0 Å². The molecule has 0 aliphatic rings. The summed E-state index contributed by atoms with van der Waals surface area (Å²) >= 11 is 3.33. The van der Waals surface area contributed by atoms with Gasteiger partial charge in [0.2, 0.25) is 0 Å². The molecule has 1 unspecified atom stereocenters. The smallest absolute Gasteiger partial charge is 0.252 e. The lowest BCUT2D eigenvalue weighted by Crippen LogP contribution is -2.32. The van der Waals surface area contributed by atoms with E-state index in [0.29, 0.717) is 12.0 Å². The van der Waals surface area contributed by atoms with Gasteiger partial charge in [-0.3, -0.25) is 4.79 Å². The van der Waals surface area contributed by atoms with Crippen LogP contribution in [0.15, 0.2) is 22.7 Å². The van der Waals surface area contributed by atoms with E-state index in [1.165, 1.54) is 0 Å². The second kappa shape index (κ2) is 5.66. The molecule has 4 heteroatoms. The third-order valence-corrected chi connectivity index (χ3v) is 2.83. The first-order valence-electron chi connectivity index (χ1n) is 4.98. The number of carbonyl (C=O) groups is 1. The van der Waals surface area contributed by atoms with Crippen LogP contribution in [0.2, 0.25) is 0 Å². The highest BCUT2D eigenvalue weighted by Crippen LogP contribution is 2.18. The zero-order valence-corrected chi connectivity index (χ0v) is 10.8. The molecule has 1 amide bonds. The molecular weight excluding hydrogens is 268 g/mol. The van der Waals surface area contributed by atoms with Gasteiger partial charge in [0.15, 0.2) is 0 Å². The molecule has 0 saturated carbocycles. The van der Waals surface area contributed by atoms with Gasteiger partial charge in [0, 0.05) is 10.5 Å². The summed E-state index contributed by atoms with van der Waals surface area (Å²) in [6.45, 7) is 3.74. The molecule has 0 fully saturated rings. The van der Waals surface area contributed by atoms with E-state index in [4.69, 9.17) is 5.26 Å². The molecule has 0 aromatic heterocycles. The standard InChI is InChI=1S/C12H13BrN2O/c1-8-3-4-11(13)10(7-8)12(16)15-9(2)5-6-14/h3-4,7,9H,5H2,1-2H3,(H,15,16). The van der Waals surface area contributed by atoms with Crippen molar-refractivity contribution in [1.82, 2.24) is 5.32 Å². The summed E-state index contributed by atoms with van der Waals surface area (Å²) in [5, 5.41) is 11.3. The SMILES string of the molecule is Cc1ccc(Br)c(C(=O)NC(C)CC#N)c1. The van der Waals surface area contributed by atoms with E-state index >= 15 is 0 Å². The zero-order chi connectivity index (χ0) is 12.1. The topological polar surface area (TPSA) is 52.9 Å². The monoisotopic (exact) mass is 280 g/mol. The number of rotatable bonds is 3. The van der Waals surface area contributed by atoms with Gasteiger partial charge in [0.05, 0.1) is 18.1 Å². The summed E-state index contributed by atoms with van der Waals surface area (Å²) in [5.74, 6) is -0.154. The second-order valence-electron chi connectivity index (χ2n) is 3.72. The molecule has 0 aliphatic carbocycles. The summed E-state index contributed by atoms with van der Waals surface area (Å²) in [6.07, 6.45) is 0.315. The molecule has 84 valence electrons. The molecule has 0 heterocycles. The van der Waals surface area contributed by atoms with Gasteiger partial charge in [0.1, 0.15) is 0 Å². The van der Waals surface area contributed by atoms with E-state index in [1.54, 1.807) is 0 Å². The highest BCUT2D eigenvalue weighted by molar-refractivity contribution is 9.10. The molecule has 16 heavy (non-hydrogen) atoms. The molecular formula is C12H13BrN2O. The Balaban J connectivity index is 2.81. The first-order chi connectivity index (χ1) is 7.54. The summed E-state index contributed by atoms with van der Waals surface area (Å²) in [7, 11) is 0. The first kappa shape index (κ1) is 12.7. The average molecular weight is 281 g/mol. The van der Waals surface area contributed by atoms with Crippen LogP contribution in [-0.4, -0.2) is 11.9 Å². The van der Waals surface area contributed by atoms with Crippen molar-refractivity contribution in [2.45, 2.75) is 26.3 Å². The van der Waals surface area contributed by atoms with Crippen molar-refractivity contribution < 1.29 is 4.79 Å². The highest BCUT2D eigenvalue weighted by atomic mass is 79.9. The number of hydrogen-bond acceptors (Lipinski definition) is 2. The minimum atomic E-state index is -0.154. The fraction of sp³-hybridized carbons (Fsp3) is 0.333. The Bertz CT molecular complexity index is 437. The van der Waals surface area contributed by atoms with E-state index < -0.39 is 0 Å². The number of halogens is 1. The first-order valence-corrected chi connectivity index (χ1v) is 5.78. The van der Waals surface area contributed by atoms with Crippen molar-refractivity contribution in [2.24, 2.45) is 0 Å². The molecule has 1 aromatic rings.